The lowest BCUT2D eigenvalue weighted by molar-refractivity contribution is 0.0531. The van der Waals surface area contributed by atoms with E-state index in [-0.39, 0.29) is 6.04 Å². The van der Waals surface area contributed by atoms with Crippen LogP contribution in [0.1, 0.15) is 24.6 Å². The standard InChI is InChI=1S/C14H18N4O/c15-18-14(10-5-7-19-8-6-10)13-9-16-11-3-1-2-4-12(11)17-13/h1-4,9-10,14,18H,5-8,15H2. The summed E-state index contributed by atoms with van der Waals surface area (Å²) in [6.45, 7) is 1.59. The predicted molar refractivity (Wildman–Crippen MR) is 73.1 cm³/mol. The number of hydrogen-bond donors (Lipinski definition) is 2. The summed E-state index contributed by atoms with van der Waals surface area (Å²) < 4.78 is 5.40. The topological polar surface area (TPSA) is 73.1 Å². The summed E-state index contributed by atoms with van der Waals surface area (Å²) in [6, 6.07) is 7.92. The number of hydrazine groups is 1. The summed E-state index contributed by atoms with van der Waals surface area (Å²) in [7, 11) is 0. The molecule has 1 aromatic carbocycles. The van der Waals surface area contributed by atoms with E-state index in [2.05, 4.69) is 15.4 Å². The Morgan fingerprint density at radius 1 is 1.21 bits per heavy atom. The van der Waals surface area contributed by atoms with Gasteiger partial charge in [-0.1, -0.05) is 12.1 Å². The van der Waals surface area contributed by atoms with E-state index in [0.717, 1.165) is 42.8 Å². The number of benzene rings is 1. The van der Waals surface area contributed by atoms with E-state index in [1.54, 1.807) is 0 Å². The quantitative estimate of drug-likeness (QED) is 0.645. The first kappa shape index (κ1) is 12.5. The fourth-order valence-corrected chi connectivity index (χ4v) is 2.63. The molecule has 1 aliphatic heterocycles. The van der Waals surface area contributed by atoms with E-state index < -0.39 is 0 Å². The van der Waals surface area contributed by atoms with Crippen LogP contribution >= 0.6 is 0 Å². The van der Waals surface area contributed by atoms with Crippen LogP contribution in [0.4, 0.5) is 0 Å². The molecule has 1 atom stereocenters. The Bertz CT molecular complexity index is 554. The molecule has 0 bridgehead atoms. The Hall–Kier alpha value is -1.56. The molecule has 100 valence electrons. The molecular weight excluding hydrogens is 240 g/mol. The van der Waals surface area contributed by atoms with Crippen LogP contribution in [0.25, 0.3) is 11.0 Å². The zero-order valence-corrected chi connectivity index (χ0v) is 10.7. The molecule has 0 radical (unpaired) electrons. The van der Waals surface area contributed by atoms with Crippen molar-refractivity contribution < 1.29 is 4.74 Å². The van der Waals surface area contributed by atoms with Crippen LogP contribution in [0.15, 0.2) is 30.5 Å². The summed E-state index contributed by atoms with van der Waals surface area (Å²) in [5, 5.41) is 0. The van der Waals surface area contributed by atoms with Crippen molar-refractivity contribution in [2.24, 2.45) is 11.8 Å². The van der Waals surface area contributed by atoms with E-state index in [4.69, 9.17) is 10.6 Å². The van der Waals surface area contributed by atoms with Crippen LogP contribution in [0.3, 0.4) is 0 Å². The van der Waals surface area contributed by atoms with E-state index in [1.807, 2.05) is 30.5 Å². The lowest BCUT2D eigenvalue weighted by atomic mass is 9.90. The monoisotopic (exact) mass is 258 g/mol. The second-order valence-electron chi connectivity index (χ2n) is 4.88. The zero-order valence-electron chi connectivity index (χ0n) is 10.7. The molecule has 1 unspecified atom stereocenters. The maximum atomic E-state index is 5.72. The minimum atomic E-state index is 0.0426. The van der Waals surface area contributed by atoms with Gasteiger partial charge < -0.3 is 4.74 Å². The summed E-state index contributed by atoms with van der Waals surface area (Å²) in [4.78, 5) is 9.13. The molecule has 0 saturated carbocycles. The third-order valence-electron chi connectivity index (χ3n) is 3.70. The van der Waals surface area contributed by atoms with Crippen molar-refractivity contribution in [1.82, 2.24) is 15.4 Å². The van der Waals surface area contributed by atoms with E-state index in [0.29, 0.717) is 5.92 Å². The molecule has 1 saturated heterocycles. The minimum Gasteiger partial charge on any atom is -0.381 e. The number of aromatic nitrogens is 2. The van der Waals surface area contributed by atoms with Crippen LogP contribution in [0, 0.1) is 5.92 Å². The molecule has 0 spiro atoms. The number of rotatable bonds is 3. The Balaban J connectivity index is 1.91. The van der Waals surface area contributed by atoms with Gasteiger partial charge in [0.25, 0.3) is 0 Å². The van der Waals surface area contributed by atoms with Gasteiger partial charge >= 0.3 is 0 Å². The molecule has 2 aromatic rings. The first-order valence-electron chi connectivity index (χ1n) is 6.64. The summed E-state index contributed by atoms with van der Waals surface area (Å²) in [5.41, 5.74) is 5.63. The maximum Gasteiger partial charge on any atom is 0.0890 e. The van der Waals surface area contributed by atoms with Crippen molar-refractivity contribution in [2.45, 2.75) is 18.9 Å². The number of hydrogen-bond acceptors (Lipinski definition) is 5. The largest absolute Gasteiger partial charge is 0.381 e. The number of nitrogens with zero attached hydrogens (tertiary/aromatic N) is 2. The molecule has 1 aliphatic rings. The lowest BCUT2D eigenvalue weighted by Gasteiger charge is -2.29. The van der Waals surface area contributed by atoms with Crippen molar-refractivity contribution >= 4 is 11.0 Å². The van der Waals surface area contributed by atoms with Gasteiger partial charge in [-0.15, -0.1) is 0 Å². The second-order valence-corrected chi connectivity index (χ2v) is 4.88. The van der Waals surface area contributed by atoms with Crippen molar-refractivity contribution in [3.05, 3.63) is 36.2 Å². The molecule has 3 N–H and O–H groups in total. The van der Waals surface area contributed by atoms with E-state index in [9.17, 15) is 0 Å². The predicted octanol–water partition coefficient (Wildman–Crippen LogP) is 1.56. The highest BCUT2D eigenvalue weighted by Crippen LogP contribution is 2.28. The SMILES string of the molecule is NNC(c1cnc2ccccc2n1)C1CCOCC1. The van der Waals surface area contributed by atoms with Crippen molar-refractivity contribution in [1.29, 1.82) is 0 Å². The highest BCUT2D eigenvalue weighted by atomic mass is 16.5. The average Bonchev–Trinajstić information content (AvgIpc) is 2.49. The summed E-state index contributed by atoms with van der Waals surface area (Å²) >= 11 is 0. The van der Waals surface area contributed by atoms with E-state index in [1.165, 1.54) is 0 Å². The number of fused-ring (bicyclic) bond motifs is 1. The number of nitrogens with two attached hydrogens (primary N) is 1. The van der Waals surface area contributed by atoms with Crippen LogP contribution in [0.5, 0.6) is 0 Å². The van der Waals surface area contributed by atoms with Crippen LogP contribution in [0.2, 0.25) is 0 Å². The zero-order chi connectivity index (χ0) is 13.1. The summed E-state index contributed by atoms with van der Waals surface area (Å²) in [6.07, 6.45) is 3.83. The fraction of sp³-hybridized carbons (Fsp3) is 0.429. The van der Waals surface area contributed by atoms with E-state index >= 15 is 0 Å². The third kappa shape index (κ3) is 2.58. The average molecular weight is 258 g/mol. The molecule has 1 fully saturated rings. The Kier molecular flexibility index (Phi) is 3.68. The fourth-order valence-electron chi connectivity index (χ4n) is 2.63. The van der Waals surface area contributed by atoms with Crippen LogP contribution in [-0.2, 0) is 4.74 Å². The van der Waals surface area contributed by atoms with Gasteiger partial charge in [-0.25, -0.2) is 4.98 Å². The lowest BCUT2D eigenvalue weighted by Crippen LogP contribution is -2.36. The number of ether oxygens (including phenoxy) is 1. The Morgan fingerprint density at radius 3 is 2.68 bits per heavy atom. The molecular formula is C14H18N4O. The third-order valence-corrected chi connectivity index (χ3v) is 3.70. The van der Waals surface area contributed by atoms with Crippen LogP contribution in [-0.4, -0.2) is 23.2 Å². The molecule has 2 heterocycles. The number of nitrogens with one attached hydrogen (secondary N) is 1. The smallest absolute Gasteiger partial charge is 0.0890 e. The molecule has 0 amide bonds. The second kappa shape index (κ2) is 5.61. The molecule has 1 aromatic heterocycles. The summed E-state index contributed by atoms with van der Waals surface area (Å²) in [5.74, 6) is 6.17. The van der Waals surface area contributed by atoms with Gasteiger partial charge in [0.2, 0.25) is 0 Å². The normalized spacial score (nSPS) is 18.6. The highest BCUT2D eigenvalue weighted by molar-refractivity contribution is 5.73. The first-order valence-corrected chi connectivity index (χ1v) is 6.64. The van der Waals surface area contributed by atoms with Gasteiger partial charge in [-0.05, 0) is 30.9 Å². The Morgan fingerprint density at radius 2 is 1.95 bits per heavy atom. The molecule has 3 rings (SSSR count). The Labute approximate surface area is 112 Å². The molecule has 5 heteroatoms. The van der Waals surface area contributed by atoms with Gasteiger partial charge in [-0.2, -0.15) is 0 Å². The first-order chi connectivity index (χ1) is 9.38. The van der Waals surface area contributed by atoms with Crippen molar-refractivity contribution in [3.8, 4) is 0 Å². The van der Waals surface area contributed by atoms with Gasteiger partial charge in [0.1, 0.15) is 0 Å². The number of para-hydroxylation sites is 2. The van der Waals surface area contributed by atoms with Gasteiger partial charge in [0.05, 0.1) is 29.0 Å². The van der Waals surface area contributed by atoms with Gasteiger partial charge in [0.15, 0.2) is 0 Å². The molecule has 0 aliphatic carbocycles. The maximum absolute atomic E-state index is 5.72. The van der Waals surface area contributed by atoms with Gasteiger partial charge in [0, 0.05) is 13.2 Å². The van der Waals surface area contributed by atoms with Crippen molar-refractivity contribution in [3.63, 3.8) is 0 Å². The van der Waals surface area contributed by atoms with Crippen LogP contribution < -0.4 is 11.3 Å². The van der Waals surface area contributed by atoms with Gasteiger partial charge in [-0.3, -0.25) is 16.3 Å². The minimum absolute atomic E-state index is 0.0426. The van der Waals surface area contributed by atoms with Crippen molar-refractivity contribution in [2.75, 3.05) is 13.2 Å². The molecule has 19 heavy (non-hydrogen) atoms. The highest BCUT2D eigenvalue weighted by Gasteiger charge is 2.25. The molecule has 5 nitrogen and oxygen atoms in total.